The minimum Gasteiger partial charge on any atom is -0.491 e. The quantitative estimate of drug-likeness (QED) is 0.342. The number of benzene rings is 3. The number of carbonyl (C=O) groups is 1. The highest BCUT2D eigenvalue weighted by atomic mass is 16.5. The first kappa shape index (κ1) is 22.8. The van der Waals surface area contributed by atoms with Gasteiger partial charge in [0.2, 0.25) is 0 Å². The summed E-state index contributed by atoms with van der Waals surface area (Å²) in [5.74, 6) is 0.978. The predicted molar refractivity (Wildman–Crippen MR) is 129 cm³/mol. The van der Waals surface area contributed by atoms with E-state index in [1.807, 2.05) is 48.5 Å². The minimum absolute atomic E-state index is 0.0685. The van der Waals surface area contributed by atoms with Crippen LogP contribution in [0.5, 0.6) is 5.75 Å². The zero-order valence-electron chi connectivity index (χ0n) is 19.4. The van der Waals surface area contributed by atoms with Gasteiger partial charge in [0.05, 0.1) is 6.10 Å². The Bertz CT molecular complexity index is 980. The maximum absolute atomic E-state index is 12.9. The van der Waals surface area contributed by atoms with Crippen LogP contribution in [0.15, 0.2) is 72.8 Å². The number of carbonyl (C=O) groups excluding carboxylic acids is 1. The number of ether oxygens (including phenoxy) is 1. The molecule has 0 fully saturated rings. The summed E-state index contributed by atoms with van der Waals surface area (Å²) < 4.78 is 5.85. The standard InChI is InChI=1S/C29H34O2/c1-6-21(3)31-27-18-10-23(11-19-27)20-22-8-12-24(13-9-22)28(30)25-14-16-26(17-15-25)29(4,5)7-2/h8-19,21H,6-7,20H2,1-5H3. The van der Waals surface area contributed by atoms with Crippen LogP contribution in [0.3, 0.4) is 0 Å². The van der Waals surface area contributed by atoms with Gasteiger partial charge in [0.1, 0.15) is 5.75 Å². The van der Waals surface area contributed by atoms with Crippen LogP contribution in [-0.4, -0.2) is 11.9 Å². The van der Waals surface area contributed by atoms with Crippen molar-refractivity contribution in [1.82, 2.24) is 0 Å². The van der Waals surface area contributed by atoms with Gasteiger partial charge in [-0.25, -0.2) is 0 Å². The largest absolute Gasteiger partial charge is 0.491 e. The smallest absolute Gasteiger partial charge is 0.193 e. The molecule has 3 aromatic rings. The van der Waals surface area contributed by atoms with E-state index in [0.717, 1.165) is 36.1 Å². The second kappa shape index (κ2) is 9.96. The minimum atomic E-state index is 0.0685. The molecule has 1 unspecified atom stereocenters. The molecule has 0 heterocycles. The van der Waals surface area contributed by atoms with E-state index in [9.17, 15) is 4.79 Å². The third kappa shape index (κ3) is 5.85. The lowest BCUT2D eigenvalue weighted by atomic mass is 9.82. The summed E-state index contributed by atoms with van der Waals surface area (Å²) in [5.41, 5.74) is 5.27. The van der Waals surface area contributed by atoms with Crippen molar-refractivity contribution in [2.75, 3.05) is 0 Å². The van der Waals surface area contributed by atoms with Crippen LogP contribution in [0.2, 0.25) is 0 Å². The Balaban J connectivity index is 1.65. The fourth-order valence-electron chi connectivity index (χ4n) is 3.45. The van der Waals surface area contributed by atoms with Crippen molar-refractivity contribution in [3.05, 3.63) is 101 Å². The molecule has 0 aliphatic heterocycles. The normalized spacial score (nSPS) is 12.4. The first-order valence-corrected chi connectivity index (χ1v) is 11.3. The zero-order valence-corrected chi connectivity index (χ0v) is 19.4. The fraction of sp³-hybridized carbons (Fsp3) is 0.345. The molecule has 0 aromatic heterocycles. The van der Waals surface area contributed by atoms with Crippen LogP contribution in [0.25, 0.3) is 0 Å². The van der Waals surface area contributed by atoms with Crippen LogP contribution in [0, 0.1) is 0 Å². The molecule has 3 aromatic carbocycles. The lowest BCUT2D eigenvalue weighted by Gasteiger charge is -2.23. The van der Waals surface area contributed by atoms with E-state index in [4.69, 9.17) is 4.74 Å². The zero-order chi connectivity index (χ0) is 22.4. The Morgan fingerprint density at radius 3 is 1.77 bits per heavy atom. The highest BCUT2D eigenvalue weighted by Gasteiger charge is 2.18. The molecule has 0 amide bonds. The summed E-state index contributed by atoms with van der Waals surface area (Å²) in [7, 11) is 0. The maximum Gasteiger partial charge on any atom is 0.193 e. The van der Waals surface area contributed by atoms with E-state index >= 15 is 0 Å². The van der Waals surface area contributed by atoms with Gasteiger partial charge in [-0.3, -0.25) is 4.79 Å². The van der Waals surface area contributed by atoms with Gasteiger partial charge in [0.25, 0.3) is 0 Å². The average Bonchev–Trinajstić information content (AvgIpc) is 2.80. The first-order valence-electron chi connectivity index (χ1n) is 11.3. The molecule has 2 nitrogen and oxygen atoms in total. The summed E-state index contributed by atoms with van der Waals surface area (Å²) in [6.45, 7) is 10.9. The van der Waals surface area contributed by atoms with Crippen molar-refractivity contribution in [3.8, 4) is 5.75 Å². The van der Waals surface area contributed by atoms with Gasteiger partial charge in [-0.2, -0.15) is 0 Å². The molecule has 162 valence electrons. The molecular weight excluding hydrogens is 380 g/mol. The van der Waals surface area contributed by atoms with Crippen LogP contribution in [0.4, 0.5) is 0 Å². The third-order valence-corrected chi connectivity index (χ3v) is 6.27. The Labute approximate surface area is 187 Å². The molecule has 0 saturated heterocycles. The Morgan fingerprint density at radius 1 is 0.806 bits per heavy atom. The van der Waals surface area contributed by atoms with Gasteiger partial charge < -0.3 is 4.74 Å². The van der Waals surface area contributed by atoms with Gasteiger partial charge in [-0.1, -0.05) is 88.4 Å². The summed E-state index contributed by atoms with van der Waals surface area (Å²) in [6, 6.07) is 24.3. The summed E-state index contributed by atoms with van der Waals surface area (Å²) >= 11 is 0. The molecular formula is C29H34O2. The SMILES string of the molecule is CCC(C)Oc1ccc(Cc2ccc(C(=O)c3ccc(C(C)(C)CC)cc3)cc2)cc1. The third-order valence-electron chi connectivity index (χ3n) is 6.27. The molecule has 0 N–H and O–H groups in total. The topological polar surface area (TPSA) is 26.3 Å². The average molecular weight is 415 g/mol. The maximum atomic E-state index is 12.9. The molecule has 2 heteroatoms. The van der Waals surface area contributed by atoms with Crippen molar-refractivity contribution in [1.29, 1.82) is 0 Å². The number of hydrogen-bond acceptors (Lipinski definition) is 2. The second-order valence-electron chi connectivity index (χ2n) is 9.00. The van der Waals surface area contributed by atoms with Crippen LogP contribution in [-0.2, 0) is 11.8 Å². The number of ketones is 1. The lowest BCUT2D eigenvalue weighted by molar-refractivity contribution is 0.103. The molecule has 0 aliphatic rings. The number of hydrogen-bond donors (Lipinski definition) is 0. The van der Waals surface area contributed by atoms with E-state index in [1.165, 1.54) is 16.7 Å². The summed E-state index contributed by atoms with van der Waals surface area (Å²) in [6.07, 6.45) is 3.12. The van der Waals surface area contributed by atoms with E-state index in [2.05, 4.69) is 58.9 Å². The van der Waals surface area contributed by atoms with Gasteiger partial charge in [0.15, 0.2) is 5.78 Å². The van der Waals surface area contributed by atoms with E-state index in [0.29, 0.717) is 0 Å². The van der Waals surface area contributed by atoms with Gasteiger partial charge in [-0.05, 0) is 60.4 Å². The highest BCUT2D eigenvalue weighted by molar-refractivity contribution is 6.09. The fourth-order valence-corrected chi connectivity index (χ4v) is 3.45. The van der Waals surface area contributed by atoms with E-state index in [1.54, 1.807) is 0 Å². The van der Waals surface area contributed by atoms with Crippen LogP contribution >= 0.6 is 0 Å². The molecule has 0 bridgehead atoms. The second-order valence-corrected chi connectivity index (χ2v) is 9.00. The number of rotatable bonds is 9. The lowest BCUT2D eigenvalue weighted by Crippen LogP contribution is -2.15. The highest BCUT2D eigenvalue weighted by Crippen LogP contribution is 2.27. The molecule has 0 spiro atoms. The van der Waals surface area contributed by atoms with Gasteiger partial charge >= 0.3 is 0 Å². The summed E-state index contributed by atoms with van der Waals surface area (Å²) in [5, 5.41) is 0. The van der Waals surface area contributed by atoms with E-state index in [-0.39, 0.29) is 17.3 Å². The Morgan fingerprint density at radius 2 is 1.29 bits per heavy atom. The van der Waals surface area contributed by atoms with Crippen molar-refractivity contribution < 1.29 is 9.53 Å². The first-order chi connectivity index (χ1) is 14.8. The monoisotopic (exact) mass is 414 g/mol. The van der Waals surface area contributed by atoms with Crippen LogP contribution in [0.1, 0.15) is 80.1 Å². The molecule has 0 saturated carbocycles. The molecule has 0 aliphatic carbocycles. The van der Waals surface area contributed by atoms with Crippen molar-refractivity contribution >= 4 is 5.78 Å². The van der Waals surface area contributed by atoms with Crippen LogP contribution < -0.4 is 4.74 Å². The van der Waals surface area contributed by atoms with Gasteiger partial charge in [-0.15, -0.1) is 0 Å². The van der Waals surface area contributed by atoms with Crippen molar-refractivity contribution in [2.24, 2.45) is 0 Å². The molecule has 1 atom stereocenters. The predicted octanol–water partition coefficient (Wildman–Crippen LogP) is 7.37. The molecule has 31 heavy (non-hydrogen) atoms. The summed E-state index contributed by atoms with van der Waals surface area (Å²) in [4.78, 5) is 12.9. The van der Waals surface area contributed by atoms with Gasteiger partial charge in [0, 0.05) is 11.1 Å². The van der Waals surface area contributed by atoms with Crippen molar-refractivity contribution in [2.45, 2.75) is 65.4 Å². The Hall–Kier alpha value is -2.87. The van der Waals surface area contributed by atoms with E-state index < -0.39 is 0 Å². The van der Waals surface area contributed by atoms with Crippen molar-refractivity contribution in [3.63, 3.8) is 0 Å². The molecule has 0 radical (unpaired) electrons. The molecule has 3 rings (SSSR count). The Kier molecular flexibility index (Phi) is 7.33.